The molecule has 26 heavy (non-hydrogen) atoms. The Bertz CT molecular complexity index is 968. The fourth-order valence-electron chi connectivity index (χ4n) is 3.39. The van der Waals surface area contributed by atoms with E-state index in [0.717, 1.165) is 29.1 Å². The fourth-order valence-corrected chi connectivity index (χ4v) is 3.39. The molecule has 0 unspecified atom stereocenters. The normalized spacial score (nSPS) is 16.8. The van der Waals surface area contributed by atoms with Crippen LogP contribution in [0.15, 0.2) is 48.7 Å². The standard InChI is InChI=1S/C21H20N4O/c1-14-10-15(2)24-21(23-14)25-19-11-17(12-20(26)18(19)13-22-25)9-8-16-6-4-3-5-7-16/h3-10,13,17H,11-12H2,1-2H3/b9-8+/t17-/m0/s1. The monoisotopic (exact) mass is 344 g/mol. The summed E-state index contributed by atoms with van der Waals surface area (Å²) in [6, 6.07) is 12.1. The van der Waals surface area contributed by atoms with Gasteiger partial charge in [0, 0.05) is 17.8 Å². The Morgan fingerprint density at radius 1 is 1.08 bits per heavy atom. The smallest absolute Gasteiger partial charge is 0.251 e. The highest BCUT2D eigenvalue weighted by atomic mass is 16.1. The Kier molecular flexibility index (Phi) is 4.21. The number of aryl methyl sites for hydroxylation is 2. The Labute approximate surface area is 152 Å². The van der Waals surface area contributed by atoms with Crippen LogP contribution < -0.4 is 0 Å². The average Bonchev–Trinajstić information content (AvgIpc) is 3.05. The van der Waals surface area contributed by atoms with Gasteiger partial charge in [0.2, 0.25) is 0 Å². The highest BCUT2D eigenvalue weighted by molar-refractivity contribution is 5.98. The van der Waals surface area contributed by atoms with E-state index in [4.69, 9.17) is 0 Å². The van der Waals surface area contributed by atoms with Gasteiger partial charge in [-0.3, -0.25) is 4.79 Å². The van der Waals surface area contributed by atoms with Crippen LogP contribution in [0.25, 0.3) is 12.0 Å². The largest absolute Gasteiger partial charge is 0.294 e. The zero-order valence-electron chi connectivity index (χ0n) is 14.9. The van der Waals surface area contributed by atoms with Crippen molar-refractivity contribution >= 4 is 11.9 Å². The molecular formula is C21H20N4O. The maximum Gasteiger partial charge on any atom is 0.251 e. The van der Waals surface area contributed by atoms with Gasteiger partial charge >= 0.3 is 0 Å². The lowest BCUT2D eigenvalue weighted by Gasteiger charge is -2.19. The van der Waals surface area contributed by atoms with Gasteiger partial charge in [-0.05, 0) is 37.8 Å². The first-order valence-electron chi connectivity index (χ1n) is 8.76. The lowest BCUT2D eigenvalue weighted by atomic mass is 9.86. The number of nitrogens with zero attached hydrogens (tertiary/aromatic N) is 4. The number of fused-ring (bicyclic) bond motifs is 1. The first kappa shape index (κ1) is 16.4. The summed E-state index contributed by atoms with van der Waals surface area (Å²) in [5, 5.41) is 4.40. The van der Waals surface area contributed by atoms with Crippen LogP contribution in [0.4, 0.5) is 0 Å². The molecule has 5 nitrogen and oxygen atoms in total. The first-order chi connectivity index (χ1) is 12.6. The Hall–Kier alpha value is -3.08. The van der Waals surface area contributed by atoms with Crippen molar-refractivity contribution in [3.05, 3.63) is 76.9 Å². The van der Waals surface area contributed by atoms with Gasteiger partial charge in [-0.2, -0.15) is 5.10 Å². The number of carbonyl (C=O) groups is 1. The second-order valence-corrected chi connectivity index (χ2v) is 6.73. The van der Waals surface area contributed by atoms with Crippen LogP contribution in [0.5, 0.6) is 0 Å². The molecule has 0 amide bonds. The van der Waals surface area contributed by atoms with Crippen LogP contribution in [0.1, 0.15) is 39.4 Å². The highest BCUT2D eigenvalue weighted by Crippen LogP contribution is 2.28. The predicted octanol–water partition coefficient (Wildman–Crippen LogP) is 3.74. The van der Waals surface area contributed by atoms with Crippen molar-refractivity contribution in [3.63, 3.8) is 0 Å². The van der Waals surface area contributed by atoms with Gasteiger partial charge in [-0.1, -0.05) is 42.5 Å². The summed E-state index contributed by atoms with van der Waals surface area (Å²) in [5.74, 6) is 0.811. The summed E-state index contributed by atoms with van der Waals surface area (Å²) in [6.07, 6.45) is 7.11. The van der Waals surface area contributed by atoms with Gasteiger partial charge in [0.15, 0.2) is 5.78 Å². The molecule has 3 aromatic rings. The van der Waals surface area contributed by atoms with Gasteiger partial charge in [-0.25, -0.2) is 14.6 Å². The average molecular weight is 344 g/mol. The molecule has 1 aromatic carbocycles. The third-order valence-electron chi connectivity index (χ3n) is 4.59. The SMILES string of the molecule is Cc1cc(C)nc(-n2ncc3c2C[C@H](/C=C/c2ccccc2)CC3=O)n1. The van der Waals surface area contributed by atoms with Crippen LogP contribution in [-0.2, 0) is 6.42 Å². The van der Waals surface area contributed by atoms with E-state index in [1.165, 1.54) is 0 Å². The molecular weight excluding hydrogens is 324 g/mol. The van der Waals surface area contributed by atoms with Crippen molar-refractivity contribution < 1.29 is 4.79 Å². The summed E-state index contributed by atoms with van der Waals surface area (Å²) in [4.78, 5) is 21.5. The topological polar surface area (TPSA) is 60.7 Å². The molecule has 0 radical (unpaired) electrons. The van der Waals surface area contributed by atoms with E-state index >= 15 is 0 Å². The molecule has 2 aromatic heterocycles. The van der Waals surface area contributed by atoms with E-state index in [-0.39, 0.29) is 11.7 Å². The van der Waals surface area contributed by atoms with Crippen molar-refractivity contribution in [3.8, 4) is 5.95 Å². The molecule has 0 spiro atoms. The number of aromatic nitrogens is 4. The molecule has 1 aliphatic carbocycles. The summed E-state index contributed by atoms with van der Waals surface area (Å²) >= 11 is 0. The second-order valence-electron chi connectivity index (χ2n) is 6.73. The number of benzene rings is 1. The molecule has 0 aliphatic heterocycles. The molecule has 0 saturated carbocycles. The number of rotatable bonds is 3. The van der Waals surface area contributed by atoms with Crippen LogP contribution in [-0.4, -0.2) is 25.5 Å². The Morgan fingerprint density at radius 3 is 2.54 bits per heavy atom. The highest BCUT2D eigenvalue weighted by Gasteiger charge is 2.28. The molecule has 0 bridgehead atoms. The molecule has 1 aliphatic rings. The van der Waals surface area contributed by atoms with E-state index in [1.807, 2.05) is 38.1 Å². The maximum atomic E-state index is 12.6. The van der Waals surface area contributed by atoms with E-state index in [9.17, 15) is 4.79 Å². The van der Waals surface area contributed by atoms with Crippen LogP contribution in [0.2, 0.25) is 0 Å². The zero-order valence-corrected chi connectivity index (χ0v) is 14.9. The third kappa shape index (κ3) is 3.20. The van der Waals surface area contributed by atoms with E-state index < -0.39 is 0 Å². The number of allylic oxidation sites excluding steroid dienone is 1. The van der Waals surface area contributed by atoms with Crippen molar-refractivity contribution in [2.24, 2.45) is 5.92 Å². The van der Waals surface area contributed by atoms with Gasteiger partial charge in [0.25, 0.3) is 5.95 Å². The number of ketones is 1. The van der Waals surface area contributed by atoms with Crippen LogP contribution in [0.3, 0.4) is 0 Å². The van der Waals surface area contributed by atoms with Crippen LogP contribution >= 0.6 is 0 Å². The minimum absolute atomic E-state index is 0.129. The van der Waals surface area contributed by atoms with E-state index in [1.54, 1.807) is 10.9 Å². The van der Waals surface area contributed by atoms with Crippen molar-refractivity contribution in [1.82, 2.24) is 19.7 Å². The van der Waals surface area contributed by atoms with E-state index in [2.05, 4.69) is 39.4 Å². The van der Waals surface area contributed by atoms with Crippen molar-refractivity contribution in [2.75, 3.05) is 0 Å². The van der Waals surface area contributed by atoms with Gasteiger partial charge in [-0.15, -0.1) is 0 Å². The molecule has 1 atom stereocenters. The van der Waals surface area contributed by atoms with E-state index in [0.29, 0.717) is 17.9 Å². The molecule has 5 heteroatoms. The maximum absolute atomic E-state index is 12.6. The number of hydrogen-bond acceptors (Lipinski definition) is 4. The lowest BCUT2D eigenvalue weighted by Crippen LogP contribution is -2.21. The molecule has 0 saturated heterocycles. The molecule has 2 heterocycles. The first-order valence-corrected chi connectivity index (χ1v) is 8.76. The summed E-state index contributed by atoms with van der Waals surface area (Å²) in [5.41, 5.74) is 4.50. The predicted molar refractivity (Wildman–Crippen MR) is 100 cm³/mol. The number of hydrogen-bond donors (Lipinski definition) is 0. The molecule has 4 rings (SSSR count). The van der Waals surface area contributed by atoms with Gasteiger partial charge in [0.1, 0.15) is 0 Å². The molecule has 0 fully saturated rings. The second kappa shape index (κ2) is 6.67. The minimum atomic E-state index is 0.129. The summed E-state index contributed by atoms with van der Waals surface area (Å²) in [6.45, 7) is 3.87. The van der Waals surface area contributed by atoms with Gasteiger partial charge < -0.3 is 0 Å². The zero-order chi connectivity index (χ0) is 18.1. The lowest BCUT2D eigenvalue weighted by molar-refractivity contribution is 0.0958. The quantitative estimate of drug-likeness (QED) is 0.726. The minimum Gasteiger partial charge on any atom is -0.294 e. The van der Waals surface area contributed by atoms with Crippen molar-refractivity contribution in [1.29, 1.82) is 0 Å². The Morgan fingerprint density at radius 2 is 1.81 bits per heavy atom. The third-order valence-corrected chi connectivity index (χ3v) is 4.59. The van der Waals surface area contributed by atoms with Crippen molar-refractivity contribution in [2.45, 2.75) is 26.7 Å². The molecule has 0 N–H and O–H groups in total. The fraction of sp³-hybridized carbons (Fsp3) is 0.238. The summed E-state index contributed by atoms with van der Waals surface area (Å²) < 4.78 is 1.72. The van der Waals surface area contributed by atoms with Gasteiger partial charge in [0.05, 0.1) is 17.5 Å². The summed E-state index contributed by atoms with van der Waals surface area (Å²) in [7, 11) is 0. The Balaban J connectivity index is 1.66. The molecule has 130 valence electrons. The number of Topliss-reactive ketones (excluding diaryl/α,β-unsaturated/α-hetero) is 1. The number of carbonyl (C=O) groups excluding carboxylic acids is 1. The van der Waals surface area contributed by atoms with Crippen LogP contribution in [0, 0.1) is 19.8 Å².